The fourth-order valence-electron chi connectivity index (χ4n) is 2.99. The predicted molar refractivity (Wildman–Crippen MR) is 90.8 cm³/mol. The van der Waals surface area contributed by atoms with Gasteiger partial charge in [-0.15, -0.1) is 0 Å². The minimum atomic E-state index is 0.255. The molecule has 128 valence electrons. The molecule has 0 aromatic heterocycles. The van der Waals surface area contributed by atoms with E-state index < -0.39 is 0 Å². The maximum absolute atomic E-state index is 12.2. The Morgan fingerprint density at radius 1 is 1.35 bits per heavy atom. The van der Waals surface area contributed by atoms with Gasteiger partial charge in [0.2, 0.25) is 5.91 Å². The summed E-state index contributed by atoms with van der Waals surface area (Å²) < 4.78 is 10.6. The third kappa shape index (κ3) is 5.13. The zero-order valence-corrected chi connectivity index (χ0v) is 14.4. The number of ether oxygens (including phenoxy) is 2. The van der Waals surface area contributed by atoms with Gasteiger partial charge in [0.05, 0.1) is 14.2 Å². The van der Waals surface area contributed by atoms with E-state index in [1.165, 1.54) is 6.42 Å². The molecule has 1 heterocycles. The van der Waals surface area contributed by atoms with Crippen LogP contribution in [-0.2, 0) is 11.3 Å². The second kappa shape index (κ2) is 8.77. The van der Waals surface area contributed by atoms with E-state index in [-0.39, 0.29) is 5.91 Å². The van der Waals surface area contributed by atoms with Crippen molar-refractivity contribution in [2.75, 3.05) is 33.9 Å². The molecule has 0 bridgehead atoms. The van der Waals surface area contributed by atoms with E-state index in [0.717, 1.165) is 36.6 Å². The second-order valence-corrected chi connectivity index (χ2v) is 6.19. The lowest BCUT2D eigenvalue weighted by Crippen LogP contribution is -2.40. The molecule has 0 saturated carbocycles. The Hall–Kier alpha value is -1.75. The van der Waals surface area contributed by atoms with Crippen molar-refractivity contribution in [1.82, 2.24) is 10.2 Å². The average Bonchev–Trinajstić information content (AvgIpc) is 2.58. The van der Waals surface area contributed by atoms with Crippen molar-refractivity contribution in [3.8, 4) is 11.5 Å². The minimum Gasteiger partial charge on any atom is -0.497 e. The minimum absolute atomic E-state index is 0.255. The van der Waals surface area contributed by atoms with Crippen LogP contribution in [0, 0.1) is 5.92 Å². The summed E-state index contributed by atoms with van der Waals surface area (Å²) in [5.41, 5.74) is 1.06. The molecule has 0 spiro atoms. The first-order chi connectivity index (χ1) is 11.1. The van der Waals surface area contributed by atoms with Crippen LogP contribution in [-0.4, -0.2) is 44.7 Å². The fourth-order valence-corrected chi connectivity index (χ4v) is 2.99. The van der Waals surface area contributed by atoms with Crippen molar-refractivity contribution < 1.29 is 14.3 Å². The number of methoxy groups -OCH3 is 2. The summed E-state index contributed by atoms with van der Waals surface area (Å²) in [6.07, 6.45) is 2.91. The molecule has 5 heteroatoms. The zero-order chi connectivity index (χ0) is 16.7. The molecule has 23 heavy (non-hydrogen) atoms. The van der Waals surface area contributed by atoms with Crippen molar-refractivity contribution in [2.24, 2.45) is 5.92 Å². The van der Waals surface area contributed by atoms with Crippen LogP contribution in [0.25, 0.3) is 0 Å². The van der Waals surface area contributed by atoms with Crippen LogP contribution in [0.2, 0.25) is 0 Å². The molecule has 2 rings (SSSR count). The van der Waals surface area contributed by atoms with E-state index in [0.29, 0.717) is 25.4 Å². The van der Waals surface area contributed by atoms with Gasteiger partial charge in [-0.3, -0.25) is 4.79 Å². The summed E-state index contributed by atoms with van der Waals surface area (Å²) in [5.74, 6) is 2.46. The van der Waals surface area contributed by atoms with Crippen molar-refractivity contribution in [3.63, 3.8) is 0 Å². The summed E-state index contributed by atoms with van der Waals surface area (Å²) in [7, 11) is 3.29. The van der Waals surface area contributed by atoms with Crippen molar-refractivity contribution in [1.29, 1.82) is 0 Å². The first kappa shape index (κ1) is 17.6. The maximum Gasteiger partial charge on any atom is 0.223 e. The number of hydrogen-bond donors (Lipinski definition) is 1. The summed E-state index contributed by atoms with van der Waals surface area (Å²) in [6, 6.07) is 5.77. The van der Waals surface area contributed by atoms with Gasteiger partial charge in [0, 0.05) is 44.2 Å². The molecule has 1 atom stereocenters. The van der Waals surface area contributed by atoms with E-state index in [1.807, 2.05) is 23.1 Å². The average molecular weight is 320 g/mol. The summed E-state index contributed by atoms with van der Waals surface area (Å²) in [6.45, 7) is 5.39. The molecule has 0 aliphatic carbocycles. The van der Waals surface area contributed by atoms with Gasteiger partial charge in [0.1, 0.15) is 11.5 Å². The SMILES string of the molecule is COc1ccc(CNCCC(=O)N2CCC[C@H](C)C2)c(OC)c1. The van der Waals surface area contributed by atoms with Crippen molar-refractivity contribution in [2.45, 2.75) is 32.7 Å². The summed E-state index contributed by atoms with van der Waals surface area (Å²) >= 11 is 0. The molecule has 1 aromatic rings. The van der Waals surface area contributed by atoms with Crippen molar-refractivity contribution >= 4 is 5.91 Å². The molecule has 1 fully saturated rings. The monoisotopic (exact) mass is 320 g/mol. The lowest BCUT2D eigenvalue weighted by atomic mass is 10.00. The number of nitrogens with zero attached hydrogens (tertiary/aromatic N) is 1. The van der Waals surface area contributed by atoms with Crippen molar-refractivity contribution in [3.05, 3.63) is 23.8 Å². The van der Waals surface area contributed by atoms with Gasteiger partial charge < -0.3 is 19.7 Å². The van der Waals surface area contributed by atoms with E-state index in [1.54, 1.807) is 14.2 Å². The molecule has 0 unspecified atom stereocenters. The third-order valence-electron chi connectivity index (χ3n) is 4.34. The number of piperidine rings is 1. The van der Waals surface area contributed by atoms with Crippen LogP contribution in [0.5, 0.6) is 11.5 Å². The van der Waals surface area contributed by atoms with Gasteiger partial charge in [-0.25, -0.2) is 0 Å². The molecule has 1 aromatic carbocycles. The van der Waals surface area contributed by atoms with Gasteiger partial charge in [0.15, 0.2) is 0 Å². The van der Waals surface area contributed by atoms with Crippen LogP contribution in [0.1, 0.15) is 31.7 Å². The van der Waals surface area contributed by atoms with Gasteiger partial charge >= 0.3 is 0 Å². The topological polar surface area (TPSA) is 50.8 Å². The smallest absolute Gasteiger partial charge is 0.223 e. The summed E-state index contributed by atoms with van der Waals surface area (Å²) in [4.78, 5) is 14.2. The van der Waals surface area contributed by atoms with Gasteiger partial charge in [0.25, 0.3) is 0 Å². The zero-order valence-electron chi connectivity index (χ0n) is 14.4. The molecule has 1 amide bonds. The Balaban J connectivity index is 1.75. The van der Waals surface area contributed by atoms with E-state index >= 15 is 0 Å². The normalized spacial score (nSPS) is 17.9. The molecule has 1 aliphatic rings. The lowest BCUT2D eigenvalue weighted by Gasteiger charge is -2.31. The van der Waals surface area contributed by atoms with E-state index in [4.69, 9.17) is 9.47 Å². The number of amides is 1. The highest BCUT2D eigenvalue weighted by Crippen LogP contribution is 2.24. The number of benzene rings is 1. The molecule has 1 N–H and O–H groups in total. The molecule has 1 aliphatic heterocycles. The first-order valence-electron chi connectivity index (χ1n) is 8.33. The predicted octanol–water partition coefficient (Wildman–Crippen LogP) is 2.44. The first-order valence-corrected chi connectivity index (χ1v) is 8.33. The lowest BCUT2D eigenvalue weighted by molar-refractivity contribution is -0.132. The van der Waals surface area contributed by atoms with Gasteiger partial charge in [-0.1, -0.05) is 13.0 Å². The Labute approximate surface area is 139 Å². The number of likely N-dealkylation sites (tertiary alicyclic amines) is 1. The van der Waals surface area contributed by atoms with Gasteiger partial charge in [-0.2, -0.15) is 0 Å². The standard InChI is InChI=1S/C18H28N2O3/c1-14-5-4-10-20(13-14)18(21)8-9-19-12-15-6-7-16(22-2)11-17(15)23-3/h6-7,11,14,19H,4-5,8-10,12-13H2,1-3H3/t14-/m0/s1. The van der Waals surface area contributed by atoms with Crippen LogP contribution in [0.4, 0.5) is 0 Å². The summed E-state index contributed by atoms with van der Waals surface area (Å²) in [5, 5.41) is 3.33. The van der Waals surface area contributed by atoms with Crippen LogP contribution in [0.3, 0.4) is 0 Å². The number of hydrogen-bond acceptors (Lipinski definition) is 4. The Morgan fingerprint density at radius 3 is 2.87 bits per heavy atom. The highest BCUT2D eigenvalue weighted by atomic mass is 16.5. The Bertz CT molecular complexity index is 519. The van der Waals surface area contributed by atoms with Crippen LogP contribution in [0.15, 0.2) is 18.2 Å². The van der Waals surface area contributed by atoms with Crippen LogP contribution >= 0.6 is 0 Å². The second-order valence-electron chi connectivity index (χ2n) is 6.19. The molecule has 1 saturated heterocycles. The van der Waals surface area contributed by atoms with Gasteiger partial charge in [-0.05, 0) is 24.8 Å². The number of nitrogens with one attached hydrogen (secondary N) is 1. The maximum atomic E-state index is 12.2. The number of carbonyl (C=O) groups excluding carboxylic acids is 1. The third-order valence-corrected chi connectivity index (χ3v) is 4.34. The van der Waals surface area contributed by atoms with Crippen LogP contribution < -0.4 is 14.8 Å². The molecular weight excluding hydrogens is 292 g/mol. The van der Waals surface area contributed by atoms with E-state index in [2.05, 4.69) is 12.2 Å². The fraction of sp³-hybridized carbons (Fsp3) is 0.611. The largest absolute Gasteiger partial charge is 0.497 e. The molecule has 5 nitrogen and oxygen atoms in total. The highest BCUT2D eigenvalue weighted by molar-refractivity contribution is 5.76. The number of carbonyl (C=O) groups is 1. The van der Waals surface area contributed by atoms with E-state index in [9.17, 15) is 4.79 Å². The number of rotatable bonds is 7. The Morgan fingerprint density at radius 2 is 2.17 bits per heavy atom. The molecular formula is C18H28N2O3. The molecule has 0 radical (unpaired) electrons. The quantitative estimate of drug-likeness (QED) is 0.784. The Kier molecular flexibility index (Phi) is 6.71. The highest BCUT2D eigenvalue weighted by Gasteiger charge is 2.20.